The Balaban J connectivity index is 1.51. The fraction of sp³-hybridized carbons (Fsp3) is 0.476. The molecule has 2 heterocycles. The van der Waals surface area contributed by atoms with E-state index < -0.39 is 0 Å². The Kier molecular flexibility index (Phi) is 5.99. The second-order valence-corrected chi connectivity index (χ2v) is 8.41. The van der Waals surface area contributed by atoms with Crippen LogP contribution in [0.3, 0.4) is 0 Å². The maximum atomic E-state index is 12.6. The molecule has 26 heavy (non-hydrogen) atoms. The number of rotatable bonds is 5. The molecule has 1 aromatic carbocycles. The number of hydrogen-bond acceptors (Lipinski definition) is 3. The van der Waals surface area contributed by atoms with Crippen molar-refractivity contribution in [1.29, 1.82) is 0 Å². The fourth-order valence-electron chi connectivity index (χ4n) is 3.54. The third-order valence-corrected chi connectivity index (χ3v) is 6.57. The molecule has 0 radical (unpaired) electrons. The van der Waals surface area contributed by atoms with E-state index in [0.29, 0.717) is 6.54 Å². The molecule has 0 unspecified atom stereocenters. The van der Waals surface area contributed by atoms with E-state index in [1.54, 1.807) is 11.3 Å². The number of thiophene rings is 1. The van der Waals surface area contributed by atoms with Crippen molar-refractivity contribution in [3.8, 4) is 0 Å². The van der Waals surface area contributed by atoms with E-state index in [1.807, 2.05) is 11.9 Å². The first-order valence-electron chi connectivity index (χ1n) is 9.37. The number of benzene rings is 1. The van der Waals surface area contributed by atoms with Gasteiger partial charge in [0.2, 0.25) is 0 Å². The lowest BCUT2D eigenvalue weighted by Crippen LogP contribution is -3.15. The largest absolute Gasteiger partial charge is 0.360 e. The number of nitrogens with zero attached hydrogens (tertiary/aromatic N) is 2. The maximum absolute atomic E-state index is 12.6. The van der Waals surface area contributed by atoms with Crippen LogP contribution in [0.25, 0.3) is 0 Å². The molecule has 5 heteroatoms. The lowest BCUT2D eigenvalue weighted by Gasteiger charge is -2.35. The summed E-state index contributed by atoms with van der Waals surface area (Å²) in [6.45, 7) is 11.9. The number of amides is 1. The predicted molar refractivity (Wildman–Crippen MR) is 109 cm³/mol. The van der Waals surface area contributed by atoms with E-state index in [0.717, 1.165) is 32.7 Å². The van der Waals surface area contributed by atoms with Crippen LogP contribution in [-0.2, 0) is 11.3 Å². The highest BCUT2D eigenvalue weighted by Crippen LogP contribution is 2.22. The summed E-state index contributed by atoms with van der Waals surface area (Å²) in [6.07, 6.45) is 0. The molecule has 1 fully saturated rings. The highest BCUT2D eigenvalue weighted by molar-refractivity contribution is 7.10. The van der Waals surface area contributed by atoms with Gasteiger partial charge in [0.25, 0.3) is 5.91 Å². The lowest BCUT2D eigenvalue weighted by atomic mass is 10.1. The first-order valence-corrected chi connectivity index (χ1v) is 10.3. The van der Waals surface area contributed by atoms with Crippen molar-refractivity contribution in [3.63, 3.8) is 0 Å². The molecular formula is C21H30N3OS+. The van der Waals surface area contributed by atoms with Crippen LogP contribution in [0.1, 0.15) is 21.6 Å². The van der Waals surface area contributed by atoms with Crippen molar-refractivity contribution in [2.24, 2.45) is 0 Å². The van der Waals surface area contributed by atoms with Gasteiger partial charge in [0.1, 0.15) is 0 Å². The summed E-state index contributed by atoms with van der Waals surface area (Å²) in [5.41, 5.74) is 5.35. The summed E-state index contributed by atoms with van der Waals surface area (Å²) in [6, 6.07) is 8.65. The van der Waals surface area contributed by atoms with Crippen LogP contribution in [0.5, 0.6) is 0 Å². The molecule has 1 amide bonds. The van der Waals surface area contributed by atoms with Gasteiger partial charge in [-0.05, 0) is 55.0 Å². The van der Waals surface area contributed by atoms with Crippen LogP contribution < -0.4 is 9.80 Å². The van der Waals surface area contributed by atoms with Crippen LogP contribution >= 0.6 is 11.3 Å². The third-order valence-electron chi connectivity index (χ3n) is 5.56. The molecule has 1 aliphatic rings. The molecule has 0 aliphatic carbocycles. The smallest absolute Gasteiger partial charge is 0.277 e. The van der Waals surface area contributed by atoms with Gasteiger partial charge in [-0.25, -0.2) is 0 Å². The summed E-state index contributed by atoms with van der Waals surface area (Å²) in [4.78, 5) is 19.6. The topological polar surface area (TPSA) is 28.0 Å². The molecule has 0 spiro atoms. The fourth-order valence-corrected chi connectivity index (χ4v) is 4.50. The second-order valence-electron chi connectivity index (χ2n) is 7.41. The molecule has 1 saturated heterocycles. The average Bonchev–Trinajstić information content (AvgIpc) is 3.03. The normalized spacial score (nSPS) is 15.3. The van der Waals surface area contributed by atoms with Crippen LogP contribution in [0.4, 0.5) is 5.69 Å². The zero-order valence-electron chi connectivity index (χ0n) is 16.3. The first-order chi connectivity index (χ1) is 12.5. The molecule has 1 N–H and O–H groups in total. The zero-order chi connectivity index (χ0) is 18.7. The monoisotopic (exact) mass is 372 g/mol. The number of piperazine rings is 1. The first kappa shape index (κ1) is 18.9. The van der Waals surface area contributed by atoms with Crippen molar-refractivity contribution in [3.05, 3.63) is 51.2 Å². The number of quaternary nitrogens is 1. The van der Waals surface area contributed by atoms with Gasteiger partial charge < -0.3 is 14.7 Å². The lowest BCUT2D eigenvalue weighted by molar-refractivity contribution is -0.892. The highest BCUT2D eigenvalue weighted by atomic mass is 32.1. The Morgan fingerprint density at radius 2 is 1.88 bits per heavy atom. The summed E-state index contributed by atoms with van der Waals surface area (Å²) >= 11 is 1.73. The van der Waals surface area contributed by atoms with Crippen LogP contribution in [0, 0.1) is 20.8 Å². The minimum atomic E-state index is 0.244. The number of aryl methyl sites for hydroxylation is 2. The van der Waals surface area contributed by atoms with Crippen molar-refractivity contribution >= 4 is 22.9 Å². The average molecular weight is 373 g/mol. The molecule has 1 aromatic heterocycles. The number of carbonyl (C=O) groups excluding carboxylic acids is 1. The molecule has 3 rings (SSSR count). The van der Waals surface area contributed by atoms with Crippen molar-refractivity contribution < 1.29 is 9.69 Å². The van der Waals surface area contributed by atoms with Gasteiger partial charge in [0.05, 0.1) is 32.7 Å². The Bertz CT molecular complexity index is 762. The molecule has 0 bridgehead atoms. The van der Waals surface area contributed by atoms with Crippen LogP contribution in [-0.4, -0.2) is 50.6 Å². The molecular weight excluding hydrogens is 342 g/mol. The molecule has 2 aromatic rings. The molecule has 140 valence electrons. The Labute approximate surface area is 161 Å². The number of likely N-dealkylation sites (N-methyl/N-ethyl adjacent to an activating group) is 1. The van der Waals surface area contributed by atoms with Crippen molar-refractivity contribution in [1.82, 2.24) is 4.90 Å². The molecule has 0 atom stereocenters. The van der Waals surface area contributed by atoms with Crippen molar-refractivity contribution in [2.45, 2.75) is 27.3 Å². The van der Waals surface area contributed by atoms with E-state index in [-0.39, 0.29) is 5.91 Å². The summed E-state index contributed by atoms with van der Waals surface area (Å²) < 4.78 is 0. The van der Waals surface area contributed by atoms with E-state index in [1.165, 1.54) is 32.2 Å². The van der Waals surface area contributed by atoms with Gasteiger partial charge >= 0.3 is 0 Å². The Morgan fingerprint density at radius 3 is 2.54 bits per heavy atom. The second kappa shape index (κ2) is 8.23. The van der Waals surface area contributed by atoms with Crippen LogP contribution in [0.2, 0.25) is 0 Å². The quantitative estimate of drug-likeness (QED) is 0.870. The zero-order valence-corrected chi connectivity index (χ0v) is 17.2. The third kappa shape index (κ3) is 4.27. The van der Waals surface area contributed by atoms with Gasteiger partial charge in [0.15, 0.2) is 6.54 Å². The van der Waals surface area contributed by atoms with Crippen LogP contribution in [0.15, 0.2) is 29.6 Å². The summed E-state index contributed by atoms with van der Waals surface area (Å²) in [5.74, 6) is 0.244. The minimum absolute atomic E-state index is 0.244. The summed E-state index contributed by atoms with van der Waals surface area (Å²) in [7, 11) is 1.92. The molecule has 4 nitrogen and oxygen atoms in total. The molecule has 1 aliphatic heterocycles. The Morgan fingerprint density at radius 1 is 1.15 bits per heavy atom. The molecule has 0 saturated carbocycles. The predicted octanol–water partition coefficient (Wildman–Crippen LogP) is 2.04. The number of anilines is 1. The standard InChI is InChI=1S/C21H29N3OS/c1-16-6-5-7-19(18(16)3)24-11-9-23(10-12-24)15-21(25)22(4)14-20-17(2)8-13-26-20/h5-8,13H,9-12,14-15H2,1-4H3/p+1. The maximum Gasteiger partial charge on any atom is 0.277 e. The van der Waals surface area contributed by atoms with Gasteiger partial charge in [-0.1, -0.05) is 12.1 Å². The van der Waals surface area contributed by atoms with Gasteiger partial charge in [-0.3, -0.25) is 4.79 Å². The van der Waals surface area contributed by atoms with Crippen molar-refractivity contribution in [2.75, 3.05) is 44.7 Å². The Hall–Kier alpha value is -1.85. The number of nitrogens with one attached hydrogen (secondary N) is 1. The minimum Gasteiger partial charge on any atom is -0.360 e. The number of carbonyl (C=O) groups is 1. The van der Waals surface area contributed by atoms with E-state index in [9.17, 15) is 4.79 Å². The van der Waals surface area contributed by atoms with E-state index in [4.69, 9.17) is 0 Å². The SMILES string of the molecule is Cc1ccsc1CN(C)C(=O)C[NH+]1CCN(c2cccc(C)c2C)CC1. The number of hydrogen-bond donors (Lipinski definition) is 1. The van der Waals surface area contributed by atoms with E-state index in [2.05, 4.69) is 55.3 Å². The van der Waals surface area contributed by atoms with Gasteiger partial charge in [0, 0.05) is 17.6 Å². The van der Waals surface area contributed by atoms with E-state index >= 15 is 0 Å². The van der Waals surface area contributed by atoms with Gasteiger partial charge in [-0.2, -0.15) is 0 Å². The summed E-state index contributed by atoms with van der Waals surface area (Å²) in [5, 5.41) is 2.10. The highest BCUT2D eigenvalue weighted by Gasteiger charge is 2.24. The van der Waals surface area contributed by atoms with Gasteiger partial charge in [-0.15, -0.1) is 11.3 Å².